The minimum atomic E-state index is -0.838. The molecule has 0 radical (unpaired) electrons. The molecule has 0 saturated heterocycles. The molecule has 0 spiro atoms. The van der Waals surface area contributed by atoms with E-state index in [4.69, 9.17) is 0 Å². The summed E-state index contributed by atoms with van der Waals surface area (Å²) in [5, 5.41) is 22.5. The first kappa shape index (κ1) is 19.4. The van der Waals surface area contributed by atoms with Gasteiger partial charge in [0, 0.05) is 12.8 Å². The van der Waals surface area contributed by atoms with Gasteiger partial charge in [-0.15, -0.1) is 0 Å². The van der Waals surface area contributed by atoms with E-state index in [1.54, 1.807) is 11.8 Å². The third kappa shape index (κ3) is 4.19. The number of carbonyl (C=O) groups excluding carboxylic acids is 2. The number of carbonyl (C=O) groups is 2. The van der Waals surface area contributed by atoms with Crippen molar-refractivity contribution in [3.05, 3.63) is 22.8 Å². The first-order chi connectivity index (χ1) is 11.8. The number of amides is 2. The van der Waals surface area contributed by atoms with E-state index in [-0.39, 0.29) is 24.8 Å². The van der Waals surface area contributed by atoms with E-state index in [1.165, 1.54) is 0 Å². The van der Waals surface area contributed by atoms with Crippen molar-refractivity contribution in [2.75, 3.05) is 16.8 Å². The molecule has 6 heteroatoms. The van der Waals surface area contributed by atoms with Crippen LogP contribution in [0.4, 0.5) is 11.4 Å². The molecule has 0 fully saturated rings. The van der Waals surface area contributed by atoms with Gasteiger partial charge in [0.15, 0.2) is 0 Å². The number of benzene rings is 1. The number of aliphatic hydroxyl groups is 2. The molecule has 1 aromatic rings. The third-order valence-corrected chi connectivity index (χ3v) is 4.96. The summed E-state index contributed by atoms with van der Waals surface area (Å²) in [6.45, 7) is 7.77. The molecule has 2 rings (SSSR count). The Balaban J connectivity index is 2.56. The zero-order chi connectivity index (χ0) is 18.7. The van der Waals surface area contributed by atoms with E-state index in [1.807, 2.05) is 19.9 Å². The molecule has 1 aliphatic rings. The van der Waals surface area contributed by atoms with Crippen LogP contribution in [-0.2, 0) is 9.59 Å². The maximum Gasteiger partial charge on any atom is 0.227 e. The van der Waals surface area contributed by atoms with Crippen LogP contribution >= 0.6 is 0 Å². The quantitative estimate of drug-likeness (QED) is 0.688. The largest absolute Gasteiger partial charge is 0.393 e. The van der Waals surface area contributed by atoms with Crippen LogP contribution in [0.2, 0.25) is 0 Å². The fourth-order valence-corrected chi connectivity index (χ4v) is 3.60. The molecular weight excluding hydrogens is 320 g/mol. The van der Waals surface area contributed by atoms with E-state index >= 15 is 0 Å². The van der Waals surface area contributed by atoms with Gasteiger partial charge in [-0.25, -0.2) is 0 Å². The zero-order valence-electron chi connectivity index (χ0n) is 15.4. The monoisotopic (exact) mass is 348 g/mol. The van der Waals surface area contributed by atoms with E-state index in [0.717, 1.165) is 16.7 Å². The smallest absolute Gasteiger partial charge is 0.227 e. The fourth-order valence-electron chi connectivity index (χ4n) is 3.60. The lowest BCUT2D eigenvalue weighted by Crippen LogP contribution is -2.40. The van der Waals surface area contributed by atoms with Gasteiger partial charge in [-0.3, -0.25) is 9.59 Å². The molecule has 3 atom stereocenters. The number of hydrogen-bond donors (Lipinski definition) is 3. The highest BCUT2D eigenvalue weighted by Crippen LogP contribution is 2.42. The van der Waals surface area contributed by atoms with Gasteiger partial charge in [-0.05, 0) is 55.9 Å². The van der Waals surface area contributed by atoms with Crippen LogP contribution in [-0.4, -0.2) is 41.3 Å². The molecule has 0 saturated carbocycles. The molecule has 0 aromatic heterocycles. The van der Waals surface area contributed by atoms with Crippen molar-refractivity contribution < 1.29 is 19.8 Å². The Kier molecular flexibility index (Phi) is 6.19. The molecular formula is C19H28N2O4. The van der Waals surface area contributed by atoms with Gasteiger partial charge >= 0.3 is 0 Å². The summed E-state index contributed by atoms with van der Waals surface area (Å²) in [5.74, 6) is 0.0638. The maximum atomic E-state index is 12.7. The van der Waals surface area contributed by atoms with Crippen LogP contribution in [0.15, 0.2) is 6.07 Å². The number of β-amino-alcohol motifs (C(OH)–C–C–N with tert-alkyl or cyclic N) is 1. The summed E-state index contributed by atoms with van der Waals surface area (Å²) < 4.78 is 0. The van der Waals surface area contributed by atoms with Crippen molar-refractivity contribution in [2.24, 2.45) is 0 Å². The molecule has 1 aliphatic heterocycles. The van der Waals surface area contributed by atoms with E-state index in [9.17, 15) is 19.8 Å². The molecule has 6 nitrogen and oxygen atoms in total. The van der Waals surface area contributed by atoms with Gasteiger partial charge in [0.1, 0.15) is 0 Å². The van der Waals surface area contributed by atoms with Crippen LogP contribution in [0, 0.1) is 13.8 Å². The molecule has 1 heterocycles. The standard InChI is InChI=1S/C19H28N2O4/c1-11-5-6-17(25)21(9-15(24)8-13(3)23)16-7-12(2)14(4)18(11)19(16)20-10-22/h7,10-11,13,15,23-24H,5-6,8-9H2,1-4H3,(H,20,22). The van der Waals surface area contributed by atoms with Gasteiger partial charge in [0.25, 0.3) is 0 Å². The minimum absolute atomic E-state index is 0.0839. The summed E-state index contributed by atoms with van der Waals surface area (Å²) in [4.78, 5) is 25.4. The summed E-state index contributed by atoms with van der Waals surface area (Å²) >= 11 is 0. The molecule has 138 valence electrons. The second-order valence-corrected chi connectivity index (χ2v) is 7.07. The second kappa shape index (κ2) is 7.97. The van der Waals surface area contributed by atoms with Gasteiger partial charge in [-0.2, -0.15) is 0 Å². The number of hydrogen-bond acceptors (Lipinski definition) is 4. The Labute approximate surface area is 148 Å². The number of nitrogens with one attached hydrogen (secondary N) is 1. The lowest BCUT2D eigenvalue weighted by Gasteiger charge is -2.33. The number of anilines is 2. The third-order valence-electron chi connectivity index (χ3n) is 4.96. The summed E-state index contributed by atoms with van der Waals surface area (Å²) in [5.41, 5.74) is 4.45. The van der Waals surface area contributed by atoms with Crippen LogP contribution in [0.3, 0.4) is 0 Å². The van der Waals surface area contributed by atoms with Crippen LogP contribution in [0.1, 0.15) is 55.7 Å². The van der Waals surface area contributed by atoms with Gasteiger partial charge < -0.3 is 20.4 Å². The average molecular weight is 348 g/mol. The number of rotatable bonds is 6. The molecule has 1 aromatic carbocycles. The highest BCUT2D eigenvalue weighted by atomic mass is 16.3. The topological polar surface area (TPSA) is 89.9 Å². The van der Waals surface area contributed by atoms with Gasteiger partial charge in [-0.1, -0.05) is 6.92 Å². The maximum absolute atomic E-state index is 12.7. The van der Waals surface area contributed by atoms with Gasteiger partial charge in [0.05, 0.1) is 30.1 Å². The van der Waals surface area contributed by atoms with Crippen LogP contribution in [0.5, 0.6) is 0 Å². The van der Waals surface area contributed by atoms with Crippen molar-refractivity contribution in [1.29, 1.82) is 0 Å². The molecule has 2 bridgehead atoms. The van der Waals surface area contributed by atoms with Crippen molar-refractivity contribution in [3.8, 4) is 0 Å². The number of fused-ring (bicyclic) bond motifs is 2. The van der Waals surface area contributed by atoms with Gasteiger partial charge in [0.2, 0.25) is 12.3 Å². The summed E-state index contributed by atoms with van der Waals surface area (Å²) in [6.07, 6.45) is 0.385. The number of aliphatic hydroxyl groups excluding tert-OH is 2. The van der Waals surface area contributed by atoms with Crippen LogP contribution in [0.25, 0.3) is 0 Å². The molecule has 3 unspecified atom stereocenters. The second-order valence-electron chi connectivity index (χ2n) is 7.07. The fraction of sp³-hybridized carbons (Fsp3) is 0.579. The lowest BCUT2D eigenvalue weighted by atomic mass is 9.86. The van der Waals surface area contributed by atoms with Crippen molar-refractivity contribution in [3.63, 3.8) is 0 Å². The highest BCUT2D eigenvalue weighted by molar-refractivity contribution is 6.00. The zero-order valence-corrected chi connectivity index (χ0v) is 15.4. The van der Waals surface area contributed by atoms with Crippen molar-refractivity contribution >= 4 is 23.7 Å². The molecule has 25 heavy (non-hydrogen) atoms. The Morgan fingerprint density at radius 1 is 1.40 bits per heavy atom. The first-order valence-corrected chi connectivity index (χ1v) is 8.77. The first-order valence-electron chi connectivity index (χ1n) is 8.77. The van der Waals surface area contributed by atoms with Crippen molar-refractivity contribution in [1.82, 2.24) is 0 Å². The number of nitrogens with zero attached hydrogens (tertiary/aromatic N) is 1. The highest BCUT2D eigenvalue weighted by Gasteiger charge is 2.29. The Bertz CT molecular complexity index is 657. The Morgan fingerprint density at radius 3 is 2.68 bits per heavy atom. The lowest BCUT2D eigenvalue weighted by molar-refractivity contribution is -0.119. The van der Waals surface area contributed by atoms with E-state index < -0.39 is 12.2 Å². The van der Waals surface area contributed by atoms with E-state index in [2.05, 4.69) is 12.2 Å². The minimum Gasteiger partial charge on any atom is -0.393 e. The average Bonchev–Trinajstić information content (AvgIpc) is 2.52. The predicted octanol–water partition coefficient (Wildman–Crippen LogP) is 2.23. The molecule has 3 N–H and O–H groups in total. The Morgan fingerprint density at radius 2 is 2.08 bits per heavy atom. The SMILES string of the molecule is Cc1cc2c(NC=O)c(c1C)C(C)CCC(=O)N2CC(O)CC(C)O. The Hall–Kier alpha value is -1.92. The summed E-state index contributed by atoms with van der Waals surface area (Å²) in [6, 6.07) is 1.88. The number of aryl methyl sites for hydroxylation is 1. The van der Waals surface area contributed by atoms with Crippen molar-refractivity contribution in [2.45, 2.75) is 65.1 Å². The summed E-state index contributed by atoms with van der Waals surface area (Å²) in [7, 11) is 0. The van der Waals surface area contributed by atoms with E-state index in [0.29, 0.717) is 30.6 Å². The molecule has 0 aliphatic carbocycles. The predicted molar refractivity (Wildman–Crippen MR) is 97.9 cm³/mol. The molecule has 2 amide bonds. The van der Waals surface area contributed by atoms with Crippen LogP contribution < -0.4 is 10.2 Å². The normalized spacial score (nSPS) is 19.8.